The van der Waals surface area contributed by atoms with Crippen LogP contribution in [0.2, 0.25) is 0 Å². The summed E-state index contributed by atoms with van der Waals surface area (Å²) in [5.74, 6) is -0.466. The summed E-state index contributed by atoms with van der Waals surface area (Å²) in [6, 6.07) is 9.91. The number of nitrogens with zero attached hydrogens (tertiary/aromatic N) is 1. The zero-order valence-electron chi connectivity index (χ0n) is 17.7. The normalized spacial score (nSPS) is 17.5. The molecule has 2 aromatic rings. The molecule has 8 heteroatoms. The minimum atomic E-state index is -3.90. The third-order valence-electron chi connectivity index (χ3n) is 5.96. The fraction of sp³-hybridized carbons (Fsp3) is 0.391. The number of aryl methyl sites for hydroxylation is 2. The fourth-order valence-electron chi connectivity index (χ4n) is 4.25. The molecule has 1 heterocycles. The number of nitrogens with one attached hydrogen (secondary N) is 1. The molecule has 1 aliphatic heterocycles. The lowest BCUT2D eigenvalue weighted by molar-refractivity contribution is -0.121. The van der Waals surface area contributed by atoms with Crippen molar-refractivity contribution in [2.24, 2.45) is 0 Å². The number of hydrogen-bond acceptors (Lipinski definition) is 5. The number of benzene rings is 2. The Morgan fingerprint density at radius 2 is 1.61 bits per heavy atom. The van der Waals surface area contributed by atoms with Gasteiger partial charge in [-0.1, -0.05) is 18.2 Å². The predicted molar refractivity (Wildman–Crippen MR) is 117 cm³/mol. The zero-order chi connectivity index (χ0) is 22.2. The van der Waals surface area contributed by atoms with E-state index in [1.165, 1.54) is 42.9 Å². The van der Waals surface area contributed by atoms with Gasteiger partial charge in [-0.15, -0.1) is 0 Å². The third-order valence-corrected chi connectivity index (χ3v) is 7.50. The molecule has 7 nitrogen and oxygen atoms in total. The number of imide groups is 1. The Bertz CT molecular complexity index is 1130. The molecule has 2 aromatic carbocycles. The van der Waals surface area contributed by atoms with Crippen LogP contribution in [-0.4, -0.2) is 27.3 Å². The summed E-state index contributed by atoms with van der Waals surface area (Å²) in [5.41, 5.74) is 3.68. The molecule has 0 radical (unpaired) electrons. The van der Waals surface area contributed by atoms with E-state index in [-0.39, 0.29) is 41.0 Å². The Balaban J connectivity index is 1.62. The van der Waals surface area contributed by atoms with Crippen LogP contribution in [0.25, 0.3) is 0 Å². The van der Waals surface area contributed by atoms with E-state index in [9.17, 15) is 18.0 Å². The Morgan fingerprint density at radius 1 is 0.935 bits per heavy atom. The minimum Gasteiger partial charge on any atom is -0.495 e. The van der Waals surface area contributed by atoms with Gasteiger partial charge in [0.2, 0.25) is 21.8 Å². The number of fused-ring (bicyclic) bond motifs is 1. The van der Waals surface area contributed by atoms with E-state index >= 15 is 0 Å². The van der Waals surface area contributed by atoms with Crippen LogP contribution in [0.4, 0.5) is 5.69 Å². The molecular weight excluding hydrogens is 416 g/mol. The van der Waals surface area contributed by atoms with Crippen molar-refractivity contribution >= 4 is 27.5 Å². The number of hydrogen-bond donors (Lipinski definition) is 1. The zero-order valence-corrected chi connectivity index (χ0v) is 18.5. The summed E-state index contributed by atoms with van der Waals surface area (Å²) in [6.07, 6.45) is 4.63. The van der Waals surface area contributed by atoms with Crippen molar-refractivity contribution in [2.45, 2.75) is 56.4 Å². The smallest absolute Gasteiger partial charge is 0.241 e. The molecule has 31 heavy (non-hydrogen) atoms. The van der Waals surface area contributed by atoms with Gasteiger partial charge in [-0.05, 0) is 67.5 Å². The van der Waals surface area contributed by atoms with Gasteiger partial charge >= 0.3 is 0 Å². The van der Waals surface area contributed by atoms with Gasteiger partial charge in [0.05, 0.1) is 17.7 Å². The van der Waals surface area contributed by atoms with Crippen LogP contribution in [0.1, 0.15) is 55.3 Å². The molecule has 4 rings (SSSR count). The van der Waals surface area contributed by atoms with Crippen molar-refractivity contribution in [3.63, 3.8) is 0 Å². The maximum atomic E-state index is 13.1. The number of amides is 2. The van der Waals surface area contributed by atoms with Gasteiger partial charge in [0.15, 0.2) is 0 Å². The Hall–Kier alpha value is -2.71. The first-order valence-corrected chi connectivity index (χ1v) is 12.0. The molecule has 0 saturated carbocycles. The summed E-state index contributed by atoms with van der Waals surface area (Å²) in [6.45, 7) is 1.81. The van der Waals surface area contributed by atoms with E-state index in [1.807, 2.05) is 6.07 Å². The molecule has 0 aromatic heterocycles. The Labute approximate surface area is 182 Å². The van der Waals surface area contributed by atoms with Crippen molar-refractivity contribution in [1.82, 2.24) is 4.72 Å². The Morgan fingerprint density at radius 3 is 2.29 bits per heavy atom. The van der Waals surface area contributed by atoms with E-state index < -0.39 is 16.1 Å². The molecule has 1 fully saturated rings. The van der Waals surface area contributed by atoms with Gasteiger partial charge in [-0.2, -0.15) is 0 Å². The fourth-order valence-corrected chi connectivity index (χ4v) is 5.50. The van der Waals surface area contributed by atoms with Crippen molar-refractivity contribution in [1.29, 1.82) is 0 Å². The first-order chi connectivity index (χ1) is 14.8. The van der Waals surface area contributed by atoms with Crippen molar-refractivity contribution in [2.75, 3.05) is 12.0 Å². The standard InChI is InChI=1S/C23H26N2O5S/c1-15(17-8-7-16-5-3-4-6-18(16)13-17)24-31(28,29)19-9-10-21(30-2)20(14-19)25-22(26)11-12-23(25)27/h7-10,13-15,24H,3-6,11-12H2,1-2H3. The molecule has 2 amide bonds. The largest absolute Gasteiger partial charge is 0.495 e. The molecule has 0 bridgehead atoms. The van der Waals surface area contributed by atoms with E-state index in [1.54, 1.807) is 6.92 Å². The highest BCUT2D eigenvalue weighted by atomic mass is 32.2. The number of sulfonamides is 1. The predicted octanol–water partition coefficient (Wildman–Crippen LogP) is 3.27. The van der Waals surface area contributed by atoms with E-state index in [0.29, 0.717) is 0 Å². The van der Waals surface area contributed by atoms with Crippen molar-refractivity contribution in [3.8, 4) is 5.75 Å². The maximum absolute atomic E-state index is 13.1. The molecule has 1 aliphatic carbocycles. The number of carbonyl (C=O) groups excluding carboxylic acids is 2. The van der Waals surface area contributed by atoms with E-state index in [2.05, 4.69) is 16.9 Å². The summed E-state index contributed by atoms with van der Waals surface area (Å²) >= 11 is 0. The summed E-state index contributed by atoms with van der Waals surface area (Å²) in [5, 5.41) is 0. The number of carbonyl (C=O) groups is 2. The first kappa shape index (κ1) is 21.5. The molecule has 2 aliphatic rings. The molecule has 1 N–H and O–H groups in total. The molecular formula is C23H26N2O5S. The van der Waals surface area contributed by atoms with E-state index in [0.717, 1.165) is 29.7 Å². The van der Waals surface area contributed by atoms with Crippen molar-refractivity contribution in [3.05, 3.63) is 53.1 Å². The summed E-state index contributed by atoms with van der Waals surface area (Å²) < 4.78 is 34.2. The molecule has 0 spiro atoms. The summed E-state index contributed by atoms with van der Waals surface area (Å²) in [4.78, 5) is 25.3. The van der Waals surface area contributed by atoms with Gasteiger partial charge in [0.25, 0.3) is 0 Å². The van der Waals surface area contributed by atoms with E-state index in [4.69, 9.17) is 4.74 Å². The number of methoxy groups -OCH3 is 1. The average molecular weight is 443 g/mol. The van der Waals surface area contributed by atoms with Crippen LogP contribution < -0.4 is 14.4 Å². The highest BCUT2D eigenvalue weighted by Crippen LogP contribution is 2.34. The first-order valence-electron chi connectivity index (χ1n) is 10.5. The summed E-state index contributed by atoms with van der Waals surface area (Å²) in [7, 11) is -2.48. The van der Waals surface area contributed by atoms with Gasteiger partial charge in [0, 0.05) is 18.9 Å². The second kappa shape index (κ2) is 8.43. The third kappa shape index (κ3) is 4.22. The van der Waals surface area contributed by atoms with Crippen LogP contribution in [0, 0.1) is 0 Å². The molecule has 1 atom stereocenters. The Kier molecular flexibility index (Phi) is 5.85. The quantitative estimate of drug-likeness (QED) is 0.693. The average Bonchev–Trinajstić information content (AvgIpc) is 3.10. The highest BCUT2D eigenvalue weighted by molar-refractivity contribution is 7.89. The van der Waals surface area contributed by atoms with Gasteiger partial charge in [-0.25, -0.2) is 18.0 Å². The second-order valence-corrected chi connectivity index (χ2v) is 9.75. The van der Waals surface area contributed by atoms with Gasteiger partial charge in [0.1, 0.15) is 5.75 Å². The lowest BCUT2D eigenvalue weighted by atomic mass is 9.89. The monoisotopic (exact) mass is 442 g/mol. The second-order valence-electron chi connectivity index (χ2n) is 8.03. The van der Waals surface area contributed by atoms with Crippen LogP contribution in [0.15, 0.2) is 41.3 Å². The molecule has 1 saturated heterocycles. The SMILES string of the molecule is COc1ccc(S(=O)(=O)NC(C)c2ccc3c(c2)CCCC3)cc1N1C(=O)CCC1=O. The van der Waals surface area contributed by atoms with Gasteiger partial charge in [-0.3, -0.25) is 9.59 Å². The van der Waals surface area contributed by atoms with Crippen LogP contribution in [0.3, 0.4) is 0 Å². The molecule has 164 valence electrons. The highest BCUT2D eigenvalue weighted by Gasteiger charge is 2.33. The number of rotatable bonds is 6. The molecule has 1 unspecified atom stereocenters. The van der Waals surface area contributed by atoms with Gasteiger partial charge < -0.3 is 4.74 Å². The lowest BCUT2D eigenvalue weighted by Crippen LogP contribution is -2.30. The lowest BCUT2D eigenvalue weighted by Gasteiger charge is -2.21. The van der Waals surface area contributed by atoms with Crippen LogP contribution in [0.5, 0.6) is 5.75 Å². The maximum Gasteiger partial charge on any atom is 0.241 e. The minimum absolute atomic E-state index is 0.0272. The number of anilines is 1. The number of ether oxygens (including phenoxy) is 1. The van der Waals surface area contributed by atoms with Crippen LogP contribution in [-0.2, 0) is 32.5 Å². The van der Waals surface area contributed by atoms with Crippen LogP contribution >= 0.6 is 0 Å². The topological polar surface area (TPSA) is 92.8 Å². The van der Waals surface area contributed by atoms with Crippen molar-refractivity contribution < 1.29 is 22.7 Å².